The average Bonchev–Trinajstić information content (AvgIpc) is 2.17. The van der Waals surface area contributed by atoms with Crippen molar-refractivity contribution in [3.63, 3.8) is 0 Å². The molecule has 0 atom stereocenters. The number of esters is 1. The first-order valence-electron chi connectivity index (χ1n) is 4.50. The van der Waals surface area contributed by atoms with Crippen molar-refractivity contribution in [2.24, 2.45) is 0 Å². The first-order chi connectivity index (χ1) is 7.07. The van der Waals surface area contributed by atoms with Crippen LogP contribution in [0.25, 0.3) is 0 Å². The summed E-state index contributed by atoms with van der Waals surface area (Å²) in [5, 5.41) is 0. The van der Waals surface area contributed by atoms with E-state index in [1.54, 1.807) is 6.92 Å². The molecular weight excluding hydrogens is 196 g/mol. The average molecular weight is 208 g/mol. The van der Waals surface area contributed by atoms with Gasteiger partial charge in [-0.15, -0.1) is 0 Å². The molecule has 0 aliphatic carbocycles. The summed E-state index contributed by atoms with van der Waals surface area (Å²) in [5.74, 6) is -0.812. The molecule has 0 bridgehead atoms. The molecule has 0 spiro atoms. The zero-order chi connectivity index (χ0) is 11.4. The number of anilines is 1. The molecule has 0 unspecified atom stereocenters. The van der Waals surface area contributed by atoms with Crippen molar-refractivity contribution in [1.82, 2.24) is 4.98 Å². The molecule has 0 amide bonds. The van der Waals surface area contributed by atoms with Gasteiger partial charge < -0.3 is 10.5 Å². The number of ketones is 1. The largest absolute Gasteiger partial charge is 0.462 e. The number of nitrogen functional groups attached to an aromatic ring is 1. The Kier molecular flexibility index (Phi) is 3.38. The SMILES string of the molecule is CCOC(=O)c1ccnc(N)c1C(C)=O. The van der Waals surface area contributed by atoms with Gasteiger partial charge in [0.2, 0.25) is 0 Å². The minimum atomic E-state index is -0.559. The maximum atomic E-state index is 11.5. The number of carbonyl (C=O) groups is 2. The lowest BCUT2D eigenvalue weighted by molar-refractivity contribution is 0.0523. The number of Topliss-reactive ketones (excluding diaryl/α,β-unsaturated/α-hetero) is 1. The molecule has 15 heavy (non-hydrogen) atoms. The number of hydrogen-bond acceptors (Lipinski definition) is 5. The second kappa shape index (κ2) is 4.54. The normalized spacial score (nSPS) is 9.73. The molecular formula is C10H12N2O3. The molecule has 2 N–H and O–H groups in total. The minimum Gasteiger partial charge on any atom is -0.462 e. The summed E-state index contributed by atoms with van der Waals surface area (Å²) in [6.45, 7) is 3.27. The topological polar surface area (TPSA) is 82.3 Å². The molecule has 80 valence electrons. The molecule has 0 aromatic carbocycles. The van der Waals surface area contributed by atoms with E-state index in [9.17, 15) is 9.59 Å². The highest BCUT2D eigenvalue weighted by Crippen LogP contribution is 2.16. The Morgan fingerprint density at radius 1 is 1.53 bits per heavy atom. The molecule has 1 aromatic rings. The van der Waals surface area contributed by atoms with Crippen LogP contribution >= 0.6 is 0 Å². The van der Waals surface area contributed by atoms with Gasteiger partial charge in [0.05, 0.1) is 17.7 Å². The molecule has 1 rings (SSSR count). The zero-order valence-corrected chi connectivity index (χ0v) is 8.61. The third-order valence-electron chi connectivity index (χ3n) is 1.83. The second-order valence-electron chi connectivity index (χ2n) is 2.90. The van der Waals surface area contributed by atoms with Crippen molar-refractivity contribution >= 4 is 17.6 Å². The summed E-state index contributed by atoms with van der Waals surface area (Å²) in [4.78, 5) is 26.5. The van der Waals surface area contributed by atoms with Crippen LogP contribution in [0.4, 0.5) is 5.82 Å². The van der Waals surface area contributed by atoms with Crippen LogP contribution in [-0.2, 0) is 4.74 Å². The van der Waals surface area contributed by atoms with Gasteiger partial charge >= 0.3 is 5.97 Å². The Morgan fingerprint density at radius 2 is 2.20 bits per heavy atom. The predicted molar refractivity (Wildman–Crippen MR) is 54.6 cm³/mol. The summed E-state index contributed by atoms with van der Waals surface area (Å²) in [5.41, 5.74) is 5.80. The van der Waals surface area contributed by atoms with Gasteiger partial charge in [-0.1, -0.05) is 0 Å². The van der Waals surface area contributed by atoms with Crippen LogP contribution in [0.5, 0.6) is 0 Å². The van der Waals surface area contributed by atoms with E-state index >= 15 is 0 Å². The van der Waals surface area contributed by atoms with Crippen LogP contribution in [0, 0.1) is 0 Å². The van der Waals surface area contributed by atoms with Crippen LogP contribution in [0.1, 0.15) is 34.6 Å². The number of aromatic nitrogens is 1. The number of nitrogens with two attached hydrogens (primary N) is 1. The summed E-state index contributed by atoms with van der Waals surface area (Å²) < 4.78 is 4.80. The number of rotatable bonds is 3. The highest BCUT2D eigenvalue weighted by molar-refractivity contribution is 6.08. The fourth-order valence-electron chi connectivity index (χ4n) is 1.23. The molecule has 1 heterocycles. The van der Waals surface area contributed by atoms with Crippen LogP contribution in [0.2, 0.25) is 0 Å². The standard InChI is InChI=1S/C10H12N2O3/c1-3-15-10(14)7-4-5-12-9(11)8(7)6(2)13/h4-5H,3H2,1-2H3,(H2,11,12). The minimum absolute atomic E-state index is 0.0491. The van der Waals surface area contributed by atoms with Crippen LogP contribution in [-0.4, -0.2) is 23.3 Å². The Labute approximate surface area is 87.3 Å². The lowest BCUT2D eigenvalue weighted by Gasteiger charge is -2.07. The molecule has 0 fully saturated rings. The molecule has 0 aliphatic heterocycles. The lowest BCUT2D eigenvalue weighted by atomic mass is 10.1. The van der Waals surface area contributed by atoms with Gasteiger partial charge in [-0.05, 0) is 19.9 Å². The summed E-state index contributed by atoms with van der Waals surface area (Å²) in [7, 11) is 0. The lowest BCUT2D eigenvalue weighted by Crippen LogP contribution is -2.13. The van der Waals surface area contributed by atoms with Gasteiger partial charge in [0.15, 0.2) is 5.78 Å². The molecule has 5 nitrogen and oxygen atoms in total. The van der Waals surface area contributed by atoms with Gasteiger partial charge in [0, 0.05) is 6.20 Å². The molecule has 0 saturated heterocycles. The van der Waals surface area contributed by atoms with Crippen LogP contribution in [0.3, 0.4) is 0 Å². The van der Waals surface area contributed by atoms with E-state index in [1.165, 1.54) is 19.2 Å². The predicted octanol–water partition coefficient (Wildman–Crippen LogP) is 1.04. The Hall–Kier alpha value is -1.91. The first-order valence-corrected chi connectivity index (χ1v) is 4.50. The highest BCUT2D eigenvalue weighted by Gasteiger charge is 2.18. The smallest absolute Gasteiger partial charge is 0.339 e. The van der Waals surface area contributed by atoms with E-state index in [-0.39, 0.29) is 29.3 Å². The Balaban J connectivity index is 3.23. The van der Waals surface area contributed by atoms with E-state index < -0.39 is 5.97 Å². The maximum absolute atomic E-state index is 11.5. The fraction of sp³-hybridized carbons (Fsp3) is 0.300. The van der Waals surface area contributed by atoms with Crippen molar-refractivity contribution in [1.29, 1.82) is 0 Å². The van der Waals surface area contributed by atoms with Crippen LogP contribution in [0.15, 0.2) is 12.3 Å². The van der Waals surface area contributed by atoms with Crippen molar-refractivity contribution in [3.05, 3.63) is 23.4 Å². The molecule has 0 radical (unpaired) electrons. The zero-order valence-electron chi connectivity index (χ0n) is 8.61. The molecule has 0 aliphatic rings. The van der Waals surface area contributed by atoms with Crippen molar-refractivity contribution in [2.75, 3.05) is 12.3 Å². The fourth-order valence-corrected chi connectivity index (χ4v) is 1.23. The van der Waals surface area contributed by atoms with Crippen molar-refractivity contribution in [2.45, 2.75) is 13.8 Å². The maximum Gasteiger partial charge on any atom is 0.339 e. The van der Waals surface area contributed by atoms with Gasteiger partial charge in [-0.25, -0.2) is 9.78 Å². The van der Waals surface area contributed by atoms with E-state index in [0.717, 1.165) is 0 Å². The number of ether oxygens (including phenoxy) is 1. The summed E-state index contributed by atoms with van der Waals surface area (Å²) >= 11 is 0. The summed E-state index contributed by atoms with van der Waals surface area (Å²) in [6, 6.07) is 1.42. The third kappa shape index (κ3) is 2.31. The monoisotopic (exact) mass is 208 g/mol. The third-order valence-corrected chi connectivity index (χ3v) is 1.83. The first kappa shape index (κ1) is 11.2. The van der Waals surface area contributed by atoms with Crippen LogP contribution < -0.4 is 5.73 Å². The van der Waals surface area contributed by atoms with Gasteiger partial charge in [-0.2, -0.15) is 0 Å². The molecule has 0 saturated carbocycles. The number of hydrogen-bond donors (Lipinski definition) is 1. The van der Waals surface area contributed by atoms with Gasteiger partial charge in [0.25, 0.3) is 0 Å². The van der Waals surface area contributed by atoms with Crippen molar-refractivity contribution < 1.29 is 14.3 Å². The van der Waals surface area contributed by atoms with E-state index in [1.807, 2.05) is 0 Å². The Bertz CT molecular complexity index is 402. The van der Waals surface area contributed by atoms with Gasteiger partial charge in [-0.3, -0.25) is 4.79 Å². The van der Waals surface area contributed by atoms with Crippen molar-refractivity contribution in [3.8, 4) is 0 Å². The van der Waals surface area contributed by atoms with E-state index in [2.05, 4.69) is 4.98 Å². The highest BCUT2D eigenvalue weighted by atomic mass is 16.5. The summed E-state index contributed by atoms with van der Waals surface area (Å²) in [6.07, 6.45) is 1.37. The number of nitrogens with zero attached hydrogens (tertiary/aromatic N) is 1. The number of pyridine rings is 1. The molecule has 1 aromatic heterocycles. The molecule has 5 heteroatoms. The van der Waals surface area contributed by atoms with E-state index in [4.69, 9.17) is 10.5 Å². The van der Waals surface area contributed by atoms with Gasteiger partial charge in [0.1, 0.15) is 5.82 Å². The number of carbonyl (C=O) groups excluding carboxylic acids is 2. The van der Waals surface area contributed by atoms with E-state index in [0.29, 0.717) is 0 Å². The quantitative estimate of drug-likeness (QED) is 0.592. The Morgan fingerprint density at radius 3 is 2.73 bits per heavy atom. The second-order valence-corrected chi connectivity index (χ2v) is 2.90.